The first-order valence-electron chi connectivity index (χ1n) is 14.6. The van der Waals surface area contributed by atoms with Crippen molar-refractivity contribution in [3.63, 3.8) is 0 Å². The molecule has 46 heavy (non-hydrogen) atoms. The van der Waals surface area contributed by atoms with Gasteiger partial charge >= 0.3 is 6.36 Å². The van der Waals surface area contributed by atoms with Gasteiger partial charge in [0.1, 0.15) is 12.1 Å². The number of amidine groups is 1. The number of aryl methyl sites for hydroxylation is 1. The highest BCUT2D eigenvalue weighted by Crippen LogP contribution is 2.34. The molecule has 13 heteroatoms. The Balaban J connectivity index is 1.24. The SMILES string of the molecule is Cc1ccc(C(C)C)c(N2C(=O)CS/C2=N\C(=S)NC(C)C(C)c2ccc(-c3ncn(-c4ccc(OC(F)(F)F)cc4)n3)cc2)c1. The quantitative estimate of drug-likeness (QED) is 0.193. The van der Waals surface area contributed by atoms with Gasteiger partial charge in [0.15, 0.2) is 16.1 Å². The molecule has 4 aromatic rings. The van der Waals surface area contributed by atoms with Crippen molar-refractivity contribution >= 4 is 45.9 Å². The maximum Gasteiger partial charge on any atom is 0.573 e. The summed E-state index contributed by atoms with van der Waals surface area (Å²) in [7, 11) is 0. The molecule has 0 spiro atoms. The summed E-state index contributed by atoms with van der Waals surface area (Å²) in [5, 5.41) is 8.67. The average Bonchev–Trinajstić information content (AvgIpc) is 3.63. The van der Waals surface area contributed by atoms with Crippen molar-refractivity contribution in [3.8, 4) is 22.8 Å². The smallest absolute Gasteiger partial charge is 0.406 e. The molecule has 1 fully saturated rings. The van der Waals surface area contributed by atoms with Gasteiger partial charge in [0.25, 0.3) is 0 Å². The number of nitrogens with one attached hydrogen (secondary N) is 1. The van der Waals surface area contributed by atoms with E-state index in [1.54, 1.807) is 4.90 Å². The molecule has 1 amide bonds. The first kappa shape index (κ1) is 33.1. The number of hydrogen-bond donors (Lipinski definition) is 1. The van der Waals surface area contributed by atoms with Crippen LogP contribution in [0.3, 0.4) is 0 Å². The summed E-state index contributed by atoms with van der Waals surface area (Å²) in [6, 6.07) is 19.3. The Morgan fingerprint density at radius 1 is 1.04 bits per heavy atom. The minimum Gasteiger partial charge on any atom is -0.406 e. The largest absolute Gasteiger partial charge is 0.573 e. The zero-order valence-corrected chi connectivity index (χ0v) is 27.5. The van der Waals surface area contributed by atoms with E-state index >= 15 is 0 Å². The predicted molar refractivity (Wildman–Crippen MR) is 180 cm³/mol. The number of benzene rings is 3. The minimum atomic E-state index is -4.75. The van der Waals surface area contributed by atoms with E-state index in [2.05, 4.69) is 58.0 Å². The van der Waals surface area contributed by atoms with Gasteiger partial charge in [0.2, 0.25) is 5.91 Å². The highest BCUT2D eigenvalue weighted by molar-refractivity contribution is 8.15. The molecule has 2 heterocycles. The van der Waals surface area contributed by atoms with Gasteiger partial charge in [-0.05, 0) is 79.0 Å². The second kappa shape index (κ2) is 13.6. The van der Waals surface area contributed by atoms with Gasteiger partial charge in [-0.3, -0.25) is 9.69 Å². The Morgan fingerprint density at radius 3 is 2.39 bits per heavy atom. The average molecular weight is 667 g/mol. The van der Waals surface area contributed by atoms with Gasteiger partial charge in [-0.25, -0.2) is 9.67 Å². The van der Waals surface area contributed by atoms with Gasteiger partial charge in [-0.2, -0.15) is 4.99 Å². The zero-order valence-electron chi connectivity index (χ0n) is 25.9. The Bertz CT molecular complexity index is 1750. The maximum absolute atomic E-state index is 12.9. The number of thiocarbonyl (C=S) groups is 1. The van der Waals surface area contributed by atoms with Crippen molar-refractivity contribution in [2.75, 3.05) is 10.7 Å². The Morgan fingerprint density at radius 2 is 1.74 bits per heavy atom. The van der Waals surface area contributed by atoms with Crippen LogP contribution in [0, 0.1) is 6.92 Å². The predicted octanol–water partition coefficient (Wildman–Crippen LogP) is 7.77. The number of nitrogens with zero attached hydrogens (tertiary/aromatic N) is 5. The van der Waals surface area contributed by atoms with Crippen LogP contribution in [0.15, 0.2) is 78.0 Å². The first-order valence-corrected chi connectivity index (χ1v) is 16.0. The van der Waals surface area contributed by atoms with Crippen LogP contribution in [0.5, 0.6) is 5.75 Å². The molecule has 5 rings (SSSR count). The number of amides is 1. The lowest BCUT2D eigenvalue weighted by molar-refractivity contribution is -0.274. The number of halogens is 3. The summed E-state index contributed by atoms with van der Waals surface area (Å²) >= 11 is 7.00. The van der Waals surface area contributed by atoms with Crippen molar-refractivity contribution in [1.29, 1.82) is 0 Å². The van der Waals surface area contributed by atoms with E-state index < -0.39 is 6.36 Å². The fraction of sp³-hybridized carbons (Fsp3) is 0.303. The molecule has 1 aliphatic rings. The molecule has 240 valence electrons. The molecule has 1 saturated heterocycles. The first-order chi connectivity index (χ1) is 21.8. The van der Waals surface area contributed by atoms with Crippen LogP contribution < -0.4 is 15.0 Å². The molecule has 0 saturated carbocycles. The van der Waals surface area contributed by atoms with Crippen LogP contribution in [0.2, 0.25) is 0 Å². The summed E-state index contributed by atoms with van der Waals surface area (Å²) < 4.78 is 42.8. The van der Waals surface area contributed by atoms with Crippen LogP contribution >= 0.6 is 24.0 Å². The Kier molecular flexibility index (Phi) is 9.82. The monoisotopic (exact) mass is 666 g/mol. The number of ether oxygens (including phenoxy) is 1. The van der Waals surface area contributed by atoms with E-state index in [-0.39, 0.29) is 29.5 Å². The number of carbonyl (C=O) groups excluding carboxylic acids is 1. The molecule has 2 atom stereocenters. The number of thioether (sulfide) groups is 1. The second-order valence-electron chi connectivity index (χ2n) is 11.3. The van der Waals surface area contributed by atoms with Crippen LogP contribution in [0.1, 0.15) is 56.2 Å². The van der Waals surface area contributed by atoms with Gasteiger partial charge in [0, 0.05) is 17.5 Å². The second-order valence-corrected chi connectivity index (χ2v) is 12.7. The third-order valence-electron chi connectivity index (χ3n) is 7.63. The van der Waals surface area contributed by atoms with Crippen molar-refractivity contribution in [2.24, 2.45) is 4.99 Å². The van der Waals surface area contributed by atoms with Gasteiger partial charge in [-0.15, -0.1) is 18.3 Å². The molecular weight excluding hydrogens is 634 g/mol. The van der Waals surface area contributed by atoms with Crippen LogP contribution in [-0.4, -0.2) is 49.1 Å². The molecular formula is C33H33F3N6O2S2. The summed E-state index contributed by atoms with van der Waals surface area (Å²) in [6.07, 6.45) is -3.25. The summed E-state index contributed by atoms with van der Waals surface area (Å²) in [4.78, 5) is 23.6. The number of aliphatic imine (C=N–C) groups is 1. The molecule has 1 aliphatic heterocycles. The zero-order chi connectivity index (χ0) is 33.2. The molecule has 1 aromatic heterocycles. The lowest BCUT2D eigenvalue weighted by Crippen LogP contribution is -2.36. The van der Waals surface area contributed by atoms with E-state index in [9.17, 15) is 18.0 Å². The molecule has 1 N–H and O–H groups in total. The standard InChI is InChI=1S/C33H33F3N6O2S2/c1-19(2)27-15-6-20(3)16-28(27)42-29(43)17-46-32(42)39-31(45)38-22(5)21(4)23-7-9-24(10-8-23)30-37-18-41(40-30)25-11-13-26(14-12-25)44-33(34,35)36/h6-16,18-19,21-22H,17H2,1-5H3,(H,38,45)/b39-32-. The summed E-state index contributed by atoms with van der Waals surface area (Å²) in [5.41, 5.74) is 5.38. The normalized spacial score (nSPS) is 15.8. The van der Waals surface area contributed by atoms with Crippen molar-refractivity contribution in [3.05, 3.63) is 89.7 Å². The minimum absolute atomic E-state index is 0.0201. The molecule has 2 unspecified atom stereocenters. The van der Waals surface area contributed by atoms with E-state index in [0.29, 0.717) is 27.5 Å². The fourth-order valence-electron chi connectivity index (χ4n) is 5.00. The van der Waals surface area contributed by atoms with Crippen LogP contribution in [0.4, 0.5) is 18.9 Å². The molecule has 0 radical (unpaired) electrons. The number of anilines is 1. The highest BCUT2D eigenvalue weighted by atomic mass is 32.2. The summed E-state index contributed by atoms with van der Waals surface area (Å²) in [5.74, 6) is 0.751. The third-order valence-corrected chi connectivity index (χ3v) is 8.77. The number of hydrogen-bond acceptors (Lipinski definition) is 6. The lowest BCUT2D eigenvalue weighted by atomic mass is 9.93. The fourth-order valence-corrected chi connectivity index (χ4v) is 6.20. The number of aromatic nitrogens is 3. The van der Waals surface area contributed by atoms with E-state index in [0.717, 1.165) is 27.9 Å². The van der Waals surface area contributed by atoms with Crippen molar-refractivity contribution in [2.45, 2.75) is 58.9 Å². The topological polar surface area (TPSA) is 84.6 Å². The van der Waals surface area contributed by atoms with E-state index in [4.69, 9.17) is 12.2 Å². The van der Waals surface area contributed by atoms with Crippen LogP contribution in [-0.2, 0) is 4.79 Å². The van der Waals surface area contributed by atoms with Gasteiger partial charge in [0.05, 0.1) is 17.1 Å². The molecule has 3 aromatic carbocycles. The number of rotatable bonds is 8. The maximum atomic E-state index is 12.9. The molecule has 8 nitrogen and oxygen atoms in total. The van der Waals surface area contributed by atoms with Crippen molar-refractivity contribution in [1.82, 2.24) is 20.1 Å². The molecule has 0 aliphatic carbocycles. The number of carbonyl (C=O) groups is 1. The van der Waals surface area contributed by atoms with Crippen molar-refractivity contribution < 1.29 is 22.7 Å². The number of alkyl halides is 3. The highest BCUT2D eigenvalue weighted by Gasteiger charge is 2.33. The molecule has 0 bridgehead atoms. The Labute approximate surface area is 275 Å². The summed E-state index contributed by atoms with van der Waals surface area (Å²) in [6.45, 7) is 10.3. The van der Waals surface area contributed by atoms with Crippen LogP contribution in [0.25, 0.3) is 17.1 Å². The van der Waals surface area contributed by atoms with E-state index in [1.165, 1.54) is 47.0 Å². The van der Waals surface area contributed by atoms with Gasteiger partial charge in [-0.1, -0.05) is 68.9 Å². The van der Waals surface area contributed by atoms with Gasteiger partial charge < -0.3 is 10.1 Å². The third kappa shape index (κ3) is 7.76. The Hall–Kier alpha value is -4.23. The van der Waals surface area contributed by atoms with E-state index in [1.807, 2.05) is 44.2 Å². The lowest BCUT2D eigenvalue weighted by Gasteiger charge is -2.24.